The molecule has 4 rings (SSSR count). The van der Waals surface area contributed by atoms with E-state index in [1.807, 2.05) is 18.2 Å². The minimum Gasteiger partial charge on any atom is -0.497 e. The van der Waals surface area contributed by atoms with Crippen LogP contribution in [0.1, 0.15) is 23.5 Å². The molecule has 1 aromatic heterocycles. The number of nitrogens with zero attached hydrogens (tertiary/aromatic N) is 1. The maximum absolute atomic E-state index is 5.97. The van der Waals surface area contributed by atoms with Gasteiger partial charge in [0.25, 0.3) is 0 Å². The van der Waals surface area contributed by atoms with Gasteiger partial charge < -0.3 is 9.72 Å². The van der Waals surface area contributed by atoms with Crippen molar-refractivity contribution in [3.05, 3.63) is 64.8 Å². The molecule has 0 saturated carbocycles. The second-order valence-corrected chi connectivity index (χ2v) is 6.94. The molecule has 1 saturated heterocycles. The number of rotatable bonds is 4. The van der Waals surface area contributed by atoms with Gasteiger partial charge in [-0.1, -0.05) is 23.7 Å². The van der Waals surface area contributed by atoms with Gasteiger partial charge in [-0.05, 0) is 60.3 Å². The Balaban J connectivity index is 1.51. The van der Waals surface area contributed by atoms with Crippen LogP contribution in [-0.2, 0) is 6.54 Å². The average Bonchev–Trinajstić information content (AvgIpc) is 3.22. The third-order valence-electron chi connectivity index (χ3n) is 4.95. The van der Waals surface area contributed by atoms with Crippen molar-refractivity contribution in [3.63, 3.8) is 0 Å². The monoisotopic (exact) mass is 340 g/mol. The Hall–Kier alpha value is -1.97. The van der Waals surface area contributed by atoms with E-state index in [1.165, 1.54) is 28.5 Å². The lowest BCUT2D eigenvalue weighted by Crippen LogP contribution is -2.19. The number of nitrogens with one attached hydrogen (secondary N) is 1. The fourth-order valence-electron chi connectivity index (χ4n) is 3.66. The minimum absolute atomic E-state index is 0.568. The maximum Gasteiger partial charge on any atom is 0.119 e. The number of ether oxygens (including phenoxy) is 1. The van der Waals surface area contributed by atoms with Crippen molar-refractivity contribution < 1.29 is 4.74 Å². The summed E-state index contributed by atoms with van der Waals surface area (Å²) in [5, 5.41) is 2.08. The molecule has 0 unspecified atom stereocenters. The summed E-state index contributed by atoms with van der Waals surface area (Å²) in [6, 6.07) is 14.4. The normalized spacial score (nSPS) is 18.3. The number of likely N-dealkylation sites (tertiary alicyclic amines) is 1. The van der Waals surface area contributed by atoms with Crippen molar-refractivity contribution in [2.24, 2.45) is 0 Å². The number of hydrogen-bond acceptors (Lipinski definition) is 2. The SMILES string of the molecule is COc1ccc2[nH]cc([C@H]3CCN(Cc4ccc(Cl)cc4)C3)c2c1. The first-order valence-electron chi connectivity index (χ1n) is 8.35. The van der Waals surface area contributed by atoms with Crippen molar-refractivity contribution in [3.8, 4) is 5.75 Å². The van der Waals surface area contributed by atoms with Crippen molar-refractivity contribution >= 4 is 22.5 Å². The average molecular weight is 341 g/mol. The number of hydrogen-bond donors (Lipinski definition) is 1. The summed E-state index contributed by atoms with van der Waals surface area (Å²) in [7, 11) is 1.72. The Morgan fingerprint density at radius 1 is 1.21 bits per heavy atom. The largest absolute Gasteiger partial charge is 0.497 e. The quantitative estimate of drug-likeness (QED) is 0.737. The summed E-state index contributed by atoms with van der Waals surface area (Å²) < 4.78 is 5.38. The molecule has 0 radical (unpaired) electrons. The number of fused-ring (bicyclic) bond motifs is 1. The lowest BCUT2D eigenvalue weighted by molar-refractivity contribution is 0.327. The number of H-pyrrole nitrogens is 1. The van der Waals surface area contributed by atoms with Gasteiger partial charge in [0, 0.05) is 35.2 Å². The lowest BCUT2D eigenvalue weighted by atomic mass is 9.98. The topological polar surface area (TPSA) is 28.3 Å². The van der Waals surface area contributed by atoms with Gasteiger partial charge in [-0.2, -0.15) is 0 Å². The zero-order chi connectivity index (χ0) is 16.5. The molecule has 3 aromatic rings. The Morgan fingerprint density at radius 2 is 2.04 bits per heavy atom. The molecule has 1 fully saturated rings. The van der Waals surface area contributed by atoms with Gasteiger partial charge in [0.15, 0.2) is 0 Å². The molecule has 0 bridgehead atoms. The molecular formula is C20H21ClN2O. The smallest absolute Gasteiger partial charge is 0.119 e. The Kier molecular flexibility index (Phi) is 4.21. The number of methoxy groups -OCH3 is 1. The van der Waals surface area contributed by atoms with E-state index in [1.54, 1.807) is 7.11 Å². The number of aromatic nitrogens is 1. The molecule has 24 heavy (non-hydrogen) atoms. The van der Waals surface area contributed by atoms with Crippen LogP contribution >= 0.6 is 11.6 Å². The van der Waals surface area contributed by atoms with E-state index in [9.17, 15) is 0 Å². The summed E-state index contributed by atoms with van der Waals surface area (Å²) in [5.74, 6) is 1.48. The van der Waals surface area contributed by atoms with Crippen LogP contribution in [0.15, 0.2) is 48.7 Å². The highest BCUT2D eigenvalue weighted by Crippen LogP contribution is 2.34. The van der Waals surface area contributed by atoms with Crippen LogP contribution < -0.4 is 4.74 Å². The van der Waals surface area contributed by atoms with E-state index in [0.29, 0.717) is 5.92 Å². The van der Waals surface area contributed by atoms with Gasteiger partial charge in [0.2, 0.25) is 0 Å². The molecular weight excluding hydrogens is 320 g/mol. The minimum atomic E-state index is 0.568. The van der Waals surface area contributed by atoms with E-state index < -0.39 is 0 Å². The fourth-order valence-corrected chi connectivity index (χ4v) is 3.79. The zero-order valence-corrected chi connectivity index (χ0v) is 14.5. The molecule has 1 aliphatic rings. The van der Waals surface area contributed by atoms with Crippen LogP contribution in [0.2, 0.25) is 5.02 Å². The van der Waals surface area contributed by atoms with Crippen molar-refractivity contribution in [2.75, 3.05) is 20.2 Å². The van der Waals surface area contributed by atoms with E-state index in [0.717, 1.165) is 30.4 Å². The summed E-state index contributed by atoms with van der Waals surface area (Å²) in [5.41, 5.74) is 3.91. The molecule has 1 aliphatic heterocycles. The molecule has 1 atom stereocenters. The molecule has 0 spiro atoms. The molecule has 2 heterocycles. The van der Waals surface area contributed by atoms with Gasteiger partial charge in [0.05, 0.1) is 7.11 Å². The number of halogens is 1. The number of aromatic amines is 1. The predicted molar refractivity (Wildman–Crippen MR) is 98.9 cm³/mol. The third kappa shape index (κ3) is 3.02. The van der Waals surface area contributed by atoms with Crippen LogP contribution in [0.4, 0.5) is 0 Å². The Labute approximate surface area is 147 Å². The predicted octanol–water partition coefficient (Wildman–Crippen LogP) is 4.82. The van der Waals surface area contributed by atoms with Crippen LogP contribution in [0.3, 0.4) is 0 Å². The highest BCUT2D eigenvalue weighted by Gasteiger charge is 2.26. The first-order valence-corrected chi connectivity index (χ1v) is 8.72. The van der Waals surface area contributed by atoms with Crippen molar-refractivity contribution in [2.45, 2.75) is 18.9 Å². The van der Waals surface area contributed by atoms with E-state index in [2.05, 4.69) is 40.3 Å². The zero-order valence-electron chi connectivity index (χ0n) is 13.8. The van der Waals surface area contributed by atoms with Crippen molar-refractivity contribution in [1.82, 2.24) is 9.88 Å². The van der Waals surface area contributed by atoms with Gasteiger partial charge in [0.1, 0.15) is 5.75 Å². The fraction of sp³-hybridized carbons (Fsp3) is 0.300. The molecule has 2 aromatic carbocycles. The van der Waals surface area contributed by atoms with Crippen LogP contribution in [-0.4, -0.2) is 30.1 Å². The molecule has 0 amide bonds. The highest BCUT2D eigenvalue weighted by molar-refractivity contribution is 6.30. The first-order chi connectivity index (χ1) is 11.7. The second-order valence-electron chi connectivity index (χ2n) is 6.50. The lowest BCUT2D eigenvalue weighted by Gasteiger charge is -2.16. The maximum atomic E-state index is 5.97. The molecule has 3 nitrogen and oxygen atoms in total. The molecule has 1 N–H and O–H groups in total. The van der Waals surface area contributed by atoms with Crippen LogP contribution in [0.25, 0.3) is 10.9 Å². The third-order valence-corrected chi connectivity index (χ3v) is 5.20. The van der Waals surface area contributed by atoms with Crippen LogP contribution in [0, 0.1) is 0 Å². The van der Waals surface area contributed by atoms with E-state index in [4.69, 9.17) is 16.3 Å². The van der Waals surface area contributed by atoms with Crippen LogP contribution in [0.5, 0.6) is 5.75 Å². The summed E-state index contributed by atoms with van der Waals surface area (Å²) in [4.78, 5) is 5.92. The van der Waals surface area contributed by atoms with Crippen molar-refractivity contribution in [1.29, 1.82) is 0 Å². The molecule has 124 valence electrons. The van der Waals surface area contributed by atoms with E-state index in [-0.39, 0.29) is 0 Å². The number of benzene rings is 2. The van der Waals surface area contributed by atoms with Gasteiger partial charge in [-0.3, -0.25) is 4.90 Å². The van der Waals surface area contributed by atoms with Gasteiger partial charge in [-0.25, -0.2) is 0 Å². The Bertz CT molecular complexity index is 840. The van der Waals surface area contributed by atoms with Gasteiger partial charge >= 0.3 is 0 Å². The highest BCUT2D eigenvalue weighted by atomic mass is 35.5. The second kappa shape index (κ2) is 6.50. The van der Waals surface area contributed by atoms with Gasteiger partial charge in [-0.15, -0.1) is 0 Å². The summed E-state index contributed by atoms with van der Waals surface area (Å²) >= 11 is 5.97. The summed E-state index contributed by atoms with van der Waals surface area (Å²) in [6.07, 6.45) is 3.36. The summed E-state index contributed by atoms with van der Waals surface area (Å²) in [6.45, 7) is 3.20. The first kappa shape index (κ1) is 15.6. The Morgan fingerprint density at radius 3 is 2.83 bits per heavy atom. The standard InChI is InChI=1S/C20H21ClN2O/c1-24-17-6-7-20-18(10-17)19(11-22-20)15-8-9-23(13-15)12-14-2-4-16(21)5-3-14/h2-7,10-11,15,22H,8-9,12-13H2,1H3/t15-/m0/s1. The molecule has 0 aliphatic carbocycles. The molecule has 4 heteroatoms. The van der Waals surface area contributed by atoms with E-state index >= 15 is 0 Å².